The van der Waals surface area contributed by atoms with E-state index in [1.54, 1.807) is 0 Å². The summed E-state index contributed by atoms with van der Waals surface area (Å²) in [4.78, 5) is 10.7. The fraction of sp³-hybridized carbons (Fsp3) is 0.500. The van der Waals surface area contributed by atoms with Gasteiger partial charge in [-0.1, -0.05) is 0 Å². The van der Waals surface area contributed by atoms with Crippen molar-refractivity contribution in [1.29, 1.82) is 0 Å². The van der Waals surface area contributed by atoms with Crippen molar-refractivity contribution >= 4 is 11.7 Å². The van der Waals surface area contributed by atoms with E-state index in [9.17, 15) is 4.79 Å². The Morgan fingerprint density at radius 1 is 1.53 bits per heavy atom. The summed E-state index contributed by atoms with van der Waals surface area (Å²) in [5.74, 6) is -0.235. The van der Waals surface area contributed by atoms with Gasteiger partial charge in [0.25, 0.3) is 0 Å². The molecule has 5 nitrogen and oxygen atoms in total. The maximum Gasteiger partial charge on any atom is 0.372 e. The maximum absolute atomic E-state index is 10.7. The Bertz CT molecular complexity index is 408. The first-order valence-corrected chi connectivity index (χ1v) is 5.01. The predicted octanol–water partition coefficient (Wildman–Crippen LogP) is 1.56. The monoisotopic (exact) mass is 209 g/mol. The van der Waals surface area contributed by atoms with E-state index in [1.807, 2.05) is 0 Å². The maximum atomic E-state index is 10.7. The van der Waals surface area contributed by atoms with Crippen LogP contribution in [0.1, 0.15) is 23.4 Å². The number of nitrogens with one attached hydrogen (secondary N) is 1. The third-order valence-corrected chi connectivity index (χ3v) is 2.81. The standard InChI is InChI=1S/C10H11NO4/c12-9(13)7-3-6-10(14-7)15-8(4-11-6)5-1-2-5/h3,5,8,11H,1-2,4H2,(H,12,13). The first-order chi connectivity index (χ1) is 7.24. The van der Waals surface area contributed by atoms with Crippen LogP contribution in [0.3, 0.4) is 0 Å². The molecule has 1 aliphatic carbocycles. The fourth-order valence-corrected chi connectivity index (χ4v) is 1.81. The Morgan fingerprint density at radius 2 is 2.33 bits per heavy atom. The number of hydrogen-bond acceptors (Lipinski definition) is 4. The van der Waals surface area contributed by atoms with Gasteiger partial charge < -0.3 is 19.6 Å². The molecule has 1 unspecified atom stereocenters. The zero-order chi connectivity index (χ0) is 10.4. The number of carboxylic acid groups (broad SMARTS) is 1. The van der Waals surface area contributed by atoms with Gasteiger partial charge in [-0.2, -0.15) is 0 Å². The molecule has 15 heavy (non-hydrogen) atoms. The van der Waals surface area contributed by atoms with E-state index in [-0.39, 0.29) is 11.9 Å². The number of aromatic carboxylic acids is 1. The molecule has 0 aromatic carbocycles. The topological polar surface area (TPSA) is 71.7 Å². The minimum absolute atomic E-state index is 0.0797. The lowest BCUT2D eigenvalue weighted by atomic mass is 10.2. The molecule has 1 fully saturated rings. The number of ether oxygens (including phenoxy) is 1. The van der Waals surface area contributed by atoms with Crippen LogP contribution in [0.5, 0.6) is 5.95 Å². The van der Waals surface area contributed by atoms with Crippen molar-refractivity contribution in [3.8, 4) is 5.95 Å². The van der Waals surface area contributed by atoms with E-state index in [1.165, 1.54) is 18.9 Å². The van der Waals surface area contributed by atoms with Gasteiger partial charge >= 0.3 is 11.9 Å². The van der Waals surface area contributed by atoms with Crippen LogP contribution in [0, 0.1) is 5.92 Å². The second-order valence-electron chi connectivity index (χ2n) is 3.99. The van der Waals surface area contributed by atoms with Gasteiger partial charge in [0.15, 0.2) is 0 Å². The van der Waals surface area contributed by atoms with E-state index >= 15 is 0 Å². The van der Waals surface area contributed by atoms with Gasteiger partial charge in [-0.15, -0.1) is 0 Å². The molecule has 2 N–H and O–H groups in total. The molecule has 0 spiro atoms. The highest BCUT2D eigenvalue weighted by Gasteiger charge is 2.36. The van der Waals surface area contributed by atoms with Crippen LogP contribution in [0.25, 0.3) is 0 Å². The lowest BCUT2D eigenvalue weighted by Gasteiger charge is -2.23. The first-order valence-electron chi connectivity index (χ1n) is 5.01. The van der Waals surface area contributed by atoms with Gasteiger partial charge in [0.2, 0.25) is 5.76 Å². The summed E-state index contributed by atoms with van der Waals surface area (Å²) in [7, 11) is 0. The Kier molecular flexibility index (Phi) is 1.68. The van der Waals surface area contributed by atoms with Crippen LogP contribution in [-0.4, -0.2) is 23.7 Å². The van der Waals surface area contributed by atoms with Crippen molar-refractivity contribution in [3.63, 3.8) is 0 Å². The van der Waals surface area contributed by atoms with Crippen LogP contribution < -0.4 is 10.1 Å². The van der Waals surface area contributed by atoms with E-state index < -0.39 is 5.97 Å². The average Bonchev–Trinajstić information content (AvgIpc) is 2.96. The second-order valence-corrected chi connectivity index (χ2v) is 3.99. The summed E-state index contributed by atoms with van der Waals surface area (Å²) in [6.45, 7) is 0.732. The minimum atomic E-state index is -1.07. The lowest BCUT2D eigenvalue weighted by Crippen LogP contribution is -2.31. The number of furan rings is 1. The number of rotatable bonds is 2. The largest absolute Gasteiger partial charge is 0.475 e. The van der Waals surface area contributed by atoms with E-state index in [0.29, 0.717) is 17.6 Å². The van der Waals surface area contributed by atoms with Gasteiger partial charge in [-0.25, -0.2) is 4.79 Å². The van der Waals surface area contributed by atoms with Crippen LogP contribution >= 0.6 is 0 Å². The molecule has 1 aliphatic heterocycles. The molecule has 5 heteroatoms. The van der Waals surface area contributed by atoms with Gasteiger partial charge in [0.05, 0.1) is 6.54 Å². The van der Waals surface area contributed by atoms with Crippen molar-refractivity contribution in [2.24, 2.45) is 5.92 Å². The van der Waals surface area contributed by atoms with Crippen molar-refractivity contribution in [2.75, 3.05) is 11.9 Å². The van der Waals surface area contributed by atoms with Crippen LogP contribution in [0.15, 0.2) is 10.5 Å². The lowest BCUT2D eigenvalue weighted by molar-refractivity contribution is 0.0643. The Balaban J connectivity index is 1.85. The normalized spacial score (nSPS) is 23.9. The minimum Gasteiger partial charge on any atom is -0.475 e. The quantitative estimate of drug-likeness (QED) is 0.773. The van der Waals surface area contributed by atoms with Gasteiger partial charge in [-0.05, 0) is 18.8 Å². The first kappa shape index (κ1) is 8.64. The average molecular weight is 209 g/mol. The summed E-state index contributed by atoms with van der Waals surface area (Å²) in [6, 6.07) is 1.46. The number of carboxylic acids is 1. The van der Waals surface area contributed by atoms with Crippen molar-refractivity contribution in [3.05, 3.63) is 11.8 Å². The molecule has 0 amide bonds. The molecule has 1 atom stereocenters. The van der Waals surface area contributed by atoms with Gasteiger partial charge in [-0.3, -0.25) is 0 Å². The Labute approximate surface area is 86.0 Å². The summed E-state index contributed by atoms with van der Waals surface area (Å²) >= 11 is 0. The molecule has 0 saturated heterocycles. The van der Waals surface area contributed by atoms with E-state index in [4.69, 9.17) is 14.3 Å². The molecule has 1 aromatic rings. The molecular formula is C10H11NO4. The van der Waals surface area contributed by atoms with Gasteiger partial charge in [0.1, 0.15) is 11.8 Å². The van der Waals surface area contributed by atoms with Crippen molar-refractivity contribution in [1.82, 2.24) is 0 Å². The zero-order valence-corrected chi connectivity index (χ0v) is 8.03. The van der Waals surface area contributed by atoms with Crippen LogP contribution in [-0.2, 0) is 0 Å². The molecule has 1 aromatic heterocycles. The number of fused-ring (bicyclic) bond motifs is 1. The molecule has 3 rings (SSSR count). The number of carbonyl (C=O) groups is 1. The fourth-order valence-electron chi connectivity index (χ4n) is 1.81. The van der Waals surface area contributed by atoms with Crippen LogP contribution in [0.4, 0.5) is 5.69 Å². The third-order valence-electron chi connectivity index (χ3n) is 2.81. The molecule has 80 valence electrons. The van der Waals surface area contributed by atoms with Crippen molar-refractivity contribution < 1.29 is 19.1 Å². The highest BCUT2D eigenvalue weighted by Crippen LogP contribution is 2.40. The van der Waals surface area contributed by atoms with Gasteiger partial charge in [0, 0.05) is 6.07 Å². The molecule has 2 heterocycles. The molecule has 1 saturated carbocycles. The highest BCUT2D eigenvalue weighted by molar-refractivity contribution is 5.86. The predicted molar refractivity (Wildman–Crippen MR) is 51.3 cm³/mol. The number of hydrogen-bond donors (Lipinski definition) is 2. The molecule has 0 radical (unpaired) electrons. The second kappa shape index (κ2) is 2.92. The summed E-state index contributed by atoms with van der Waals surface area (Å²) in [5, 5.41) is 11.9. The Morgan fingerprint density at radius 3 is 3.00 bits per heavy atom. The summed E-state index contributed by atoms with van der Waals surface area (Å²) in [5.41, 5.74) is 0.643. The number of anilines is 1. The van der Waals surface area contributed by atoms with E-state index in [0.717, 1.165) is 6.54 Å². The van der Waals surface area contributed by atoms with Crippen LogP contribution in [0.2, 0.25) is 0 Å². The van der Waals surface area contributed by atoms with E-state index in [2.05, 4.69) is 5.32 Å². The highest BCUT2D eigenvalue weighted by atomic mass is 16.6. The smallest absolute Gasteiger partial charge is 0.372 e. The molecule has 0 bridgehead atoms. The third kappa shape index (κ3) is 1.44. The Hall–Kier alpha value is -1.65. The summed E-state index contributed by atoms with van der Waals surface area (Å²) in [6.07, 6.45) is 2.51. The SMILES string of the molecule is O=C(O)c1cc2c(o1)OC(C1CC1)CN2. The molecular weight excluding hydrogens is 198 g/mol. The van der Waals surface area contributed by atoms with Crippen molar-refractivity contribution in [2.45, 2.75) is 18.9 Å². The summed E-state index contributed by atoms with van der Waals surface area (Å²) < 4.78 is 10.7. The zero-order valence-electron chi connectivity index (χ0n) is 8.03. The molecule has 2 aliphatic rings.